The third-order valence-electron chi connectivity index (χ3n) is 5.48. The van der Waals surface area contributed by atoms with Gasteiger partial charge in [-0.25, -0.2) is 0 Å². The molecule has 0 bridgehead atoms. The fraction of sp³-hybridized carbons (Fsp3) is 0.667. The van der Waals surface area contributed by atoms with Gasteiger partial charge in [-0.05, 0) is 69.9 Å². The molecule has 0 aromatic heterocycles. The lowest BCUT2D eigenvalue weighted by Crippen LogP contribution is -2.40. The van der Waals surface area contributed by atoms with Crippen LogP contribution in [0.4, 0.5) is 0 Å². The van der Waals surface area contributed by atoms with Crippen molar-refractivity contribution in [3.63, 3.8) is 0 Å². The number of aliphatic imine (C=N–C) groups is 1. The lowest BCUT2D eigenvalue weighted by Gasteiger charge is -2.31. The molecule has 1 unspecified atom stereocenters. The van der Waals surface area contributed by atoms with Gasteiger partial charge < -0.3 is 25.0 Å². The zero-order valence-electron chi connectivity index (χ0n) is 18.0. The molecule has 0 saturated carbocycles. The predicted octanol–water partition coefficient (Wildman–Crippen LogP) is 3.67. The molecule has 1 saturated heterocycles. The second-order valence-electron chi connectivity index (χ2n) is 7.14. The highest BCUT2D eigenvalue weighted by Gasteiger charge is 2.18. The molecule has 0 radical (unpaired) electrons. The summed E-state index contributed by atoms with van der Waals surface area (Å²) >= 11 is 0. The minimum absolute atomic E-state index is 0. The summed E-state index contributed by atoms with van der Waals surface area (Å²) in [6, 6.07) is 5.90. The molecule has 2 rings (SSSR count). The largest absolute Gasteiger partial charge is 0.497 e. The van der Waals surface area contributed by atoms with Crippen molar-refractivity contribution >= 4 is 29.9 Å². The summed E-state index contributed by atoms with van der Waals surface area (Å²) in [4.78, 5) is 6.91. The summed E-state index contributed by atoms with van der Waals surface area (Å²) in [7, 11) is 5.18. The Morgan fingerprint density at radius 2 is 1.96 bits per heavy atom. The van der Waals surface area contributed by atoms with Crippen LogP contribution in [0, 0.1) is 5.92 Å². The second-order valence-corrected chi connectivity index (χ2v) is 7.14. The van der Waals surface area contributed by atoms with Gasteiger partial charge in [0.2, 0.25) is 0 Å². The van der Waals surface area contributed by atoms with Gasteiger partial charge >= 0.3 is 0 Å². The number of rotatable bonds is 8. The lowest BCUT2D eigenvalue weighted by molar-refractivity contribution is 0.187. The molecule has 1 heterocycles. The van der Waals surface area contributed by atoms with Gasteiger partial charge in [-0.2, -0.15) is 0 Å². The maximum atomic E-state index is 5.50. The van der Waals surface area contributed by atoms with Crippen LogP contribution in [-0.4, -0.2) is 58.3 Å². The first kappa shape index (κ1) is 24.8. The average Bonchev–Trinajstić information content (AvgIpc) is 2.72. The Kier molecular flexibility index (Phi) is 11.6. The van der Waals surface area contributed by atoms with E-state index in [1.54, 1.807) is 14.2 Å². The van der Waals surface area contributed by atoms with Crippen LogP contribution in [0.2, 0.25) is 0 Å². The number of nitrogens with zero attached hydrogens (tertiary/aromatic N) is 2. The Morgan fingerprint density at radius 3 is 2.54 bits per heavy atom. The molecule has 28 heavy (non-hydrogen) atoms. The summed E-state index contributed by atoms with van der Waals surface area (Å²) in [5.41, 5.74) is 1.05. The van der Waals surface area contributed by atoms with E-state index in [9.17, 15) is 0 Å². The monoisotopic (exact) mass is 504 g/mol. The topological polar surface area (TPSA) is 58.1 Å². The molecule has 1 aliphatic rings. The Balaban J connectivity index is 0.00000392. The van der Waals surface area contributed by atoms with Crippen molar-refractivity contribution in [1.82, 2.24) is 15.5 Å². The molecule has 1 fully saturated rings. The number of likely N-dealkylation sites (tertiary alicyclic amines) is 1. The van der Waals surface area contributed by atoms with Gasteiger partial charge in [0.25, 0.3) is 0 Å². The smallest absolute Gasteiger partial charge is 0.191 e. The summed E-state index contributed by atoms with van der Waals surface area (Å²) in [6.45, 7) is 8.94. The fourth-order valence-corrected chi connectivity index (χ4v) is 3.64. The average molecular weight is 504 g/mol. The predicted molar refractivity (Wildman–Crippen MR) is 127 cm³/mol. The molecule has 1 atom stereocenters. The van der Waals surface area contributed by atoms with E-state index in [1.165, 1.54) is 38.9 Å². The van der Waals surface area contributed by atoms with E-state index < -0.39 is 0 Å². The van der Waals surface area contributed by atoms with Crippen molar-refractivity contribution in [3.8, 4) is 11.5 Å². The zero-order valence-corrected chi connectivity index (χ0v) is 20.3. The number of piperidine rings is 1. The molecule has 2 N–H and O–H groups in total. The van der Waals surface area contributed by atoms with Crippen molar-refractivity contribution in [2.75, 3.05) is 47.4 Å². The molecule has 0 amide bonds. The van der Waals surface area contributed by atoms with Crippen molar-refractivity contribution in [2.24, 2.45) is 10.9 Å². The first-order valence-corrected chi connectivity index (χ1v) is 10.0. The van der Waals surface area contributed by atoms with Crippen LogP contribution in [0.3, 0.4) is 0 Å². The molecular weight excluding hydrogens is 467 g/mol. The van der Waals surface area contributed by atoms with Gasteiger partial charge in [-0.15, -0.1) is 24.0 Å². The summed E-state index contributed by atoms with van der Waals surface area (Å²) in [5, 5.41) is 6.92. The van der Waals surface area contributed by atoms with Crippen LogP contribution >= 0.6 is 24.0 Å². The quantitative estimate of drug-likeness (QED) is 0.322. The molecule has 1 aromatic rings. The molecule has 1 aliphatic heterocycles. The minimum Gasteiger partial charge on any atom is -0.497 e. The van der Waals surface area contributed by atoms with E-state index >= 15 is 0 Å². The maximum absolute atomic E-state index is 5.50. The van der Waals surface area contributed by atoms with Crippen LogP contribution < -0.4 is 20.1 Å². The molecule has 0 aliphatic carbocycles. The van der Waals surface area contributed by atoms with E-state index in [0.29, 0.717) is 0 Å². The van der Waals surface area contributed by atoms with Crippen molar-refractivity contribution < 1.29 is 9.47 Å². The van der Waals surface area contributed by atoms with Crippen LogP contribution in [0.1, 0.15) is 44.7 Å². The third-order valence-corrected chi connectivity index (χ3v) is 5.48. The standard InChI is InChI=1S/C21H36N4O2.HI/c1-6-25-13-10-17(11-14-25)9-12-23-21(22-3)24-16(2)19-15-18(26-4)7-8-20(19)27-5;/h7-8,15-17H,6,9-14H2,1-5H3,(H2,22,23,24);1H. The zero-order chi connectivity index (χ0) is 19.6. The Bertz CT molecular complexity index is 604. The summed E-state index contributed by atoms with van der Waals surface area (Å²) in [6.07, 6.45) is 3.80. The van der Waals surface area contributed by atoms with E-state index in [0.717, 1.165) is 35.5 Å². The summed E-state index contributed by atoms with van der Waals surface area (Å²) in [5.74, 6) is 3.29. The van der Waals surface area contributed by atoms with Gasteiger partial charge in [0.15, 0.2) is 5.96 Å². The number of hydrogen-bond donors (Lipinski definition) is 2. The summed E-state index contributed by atoms with van der Waals surface area (Å²) < 4.78 is 10.9. The van der Waals surface area contributed by atoms with Crippen molar-refractivity contribution in [3.05, 3.63) is 23.8 Å². The lowest BCUT2D eigenvalue weighted by atomic mass is 9.93. The van der Waals surface area contributed by atoms with Gasteiger partial charge in [0.05, 0.1) is 20.3 Å². The number of nitrogens with one attached hydrogen (secondary N) is 2. The SMILES string of the molecule is CCN1CCC(CCNC(=NC)NC(C)c2cc(OC)ccc2OC)CC1.I. The third kappa shape index (κ3) is 7.31. The van der Waals surface area contributed by atoms with Gasteiger partial charge in [0, 0.05) is 19.2 Å². The number of methoxy groups -OCH3 is 2. The van der Waals surface area contributed by atoms with Gasteiger partial charge in [0.1, 0.15) is 11.5 Å². The number of hydrogen-bond acceptors (Lipinski definition) is 4. The fourth-order valence-electron chi connectivity index (χ4n) is 3.64. The molecule has 6 nitrogen and oxygen atoms in total. The van der Waals surface area contributed by atoms with Gasteiger partial charge in [-0.3, -0.25) is 4.99 Å². The van der Waals surface area contributed by atoms with Gasteiger partial charge in [-0.1, -0.05) is 6.92 Å². The van der Waals surface area contributed by atoms with Crippen LogP contribution in [0.15, 0.2) is 23.2 Å². The highest BCUT2D eigenvalue weighted by Crippen LogP contribution is 2.29. The Hall–Kier alpha value is -1.22. The molecule has 0 spiro atoms. The van der Waals surface area contributed by atoms with E-state index in [2.05, 4.69) is 34.4 Å². The molecular formula is C21H37IN4O2. The van der Waals surface area contributed by atoms with E-state index in [4.69, 9.17) is 9.47 Å². The Morgan fingerprint density at radius 1 is 1.25 bits per heavy atom. The first-order valence-electron chi connectivity index (χ1n) is 10.0. The normalized spacial score (nSPS) is 16.8. The molecule has 160 valence electrons. The maximum Gasteiger partial charge on any atom is 0.191 e. The van der Waals surface area contributed by atoms with Crippen LogP contribution in [0.5, 0.6) is 11.5 Å². The van der Waals surface area contributed by atoms with Crippen molar-refractivity contribution in [1.29, 1.82) is 0 Å². The van der Waals surface area contributed by atoms with Crippen LogP contribution in [0.25, 0.3) is 0 Å². The minimum atomic E-state index is 0. The molecule has 7 heteroatoms. The number of benzene rings is 1. The second kappa shape index (κ2) is 13.1. The highest BCUT2D eigenvalue weighted by molar-refractivity contribution is 14.0. The van der Waals surface area contributed by atoms with E-state index in [-0.39, 0.29) is 30.0 Å². The number of guanidine groups is 1. The Labute approximate surface area is 187 Å². The first-order chi connectivity index (χ1) is 13.1. The van der Waals surface area contributed by atoms with Crippen LogP contribution in [-0.2, 0) is 0 Å². The number of halogens is 1. The molecule has 1 aromatic carbocycles. The van der Waals surface area contributed by atoms with Crippen molar-refractivity contribution in [2.45, 2.75) is 39.2 Å². The van der Waals surface area contributed by atoms with E-state index in [1.807, 2.05) is 25.2 Å². The highest BCUT2D eigenvalue weighted by atomic mass is 127. The number of ether oxygens (including phenoxy) is 2.